The van der Waals surface area contributed by atoms with E-state index >= 15 is 0 Å². The third kappa shape index (κ3) is 3.40. The minimum Gasteiger partial charge on any atom is -0.495 e. The summed E-state index contributed by atoms with van der Waals surface area (Å²) in [6, 6.07) is 13.7. The number of hydrogen-bond donors (Lipinski definition) is 1. The quantitative estimate of drug-likeness (QED) is 0.877. The summed E-state index contributed by atoms with van der Waals surface area (Å²) >= 11 is 9.43. The Morgan fingerprint density at radius 2 is 2.06 bits per heavy atom. The zero-order chi connectivity index (χ0) is 13.0. The van der Waals surface area contributed by atoms with Gasteiger partial charge in [0.15, 0.2) is 0 Å². The van der Waals surface area contributed by atoms with Crippen molar-refractivity contribution >= 4 is 33.2 Å². The Bertz CT molecular complexity index is 545. The van der Waals surface area contributed by atoms with Crippen LogP contribution in [0.1, 0.15) is 5.56 Å². The molecule has 1 N–H and O–H groups in total. The van der Waals surface area contributed by atoms with Gasteiger partial charge in [0, 0.05) is 16.0 Å². The zero-order valence-corrected chi connectivity index (χ0v) is 12.3. The molecule has 0 saturated carbocycles. The van der Waals surface area contributed by atoms with Crippen LogP contribution in [-0.4, -0.2) is 7.11 Å². The number of nitrogens with one attached hydrogen (secondary N) is 1. The second kappa shape index (κ2) is 6.12. The lowest BCUT2D eigenvalue weighted by atomic mass is 10.2. The van der Waals surface area contributed by atoms with Gasteiger partial charge >= 0.3 is 0 Å². The smallest absolute Gasteiger partial charge is 0.142 e. The first-order valence-corrected chi connectivity index (χ1v) is 6.68. The van der Waals surface area contributed by atoms with Gasteiger partial charge in [-0.2, -0.15) is 0 Å². The maximum absolute atomic E-state index is 5.98. The average Bonchev–Trinajstić information content (AvgIpc) is 2.37. The van der Waals surface area contributed by atoms with Crippen LogP contribution in [0.25, 0.3) is 0 Å². The Balaban J connectivity index is 2.12. The van der Waals surface area contributed by atoms with Crippen LogP contribution in [0.15, 0.2) is 46.9 Å². The summed E-state index contributed by atoms with van der Waals surface area (Å²) < 4.78 is 6.35. The molecule has 0 unspecified atom stereocenters. The molecule has 0 amide bonds. The van der Waals surface area contributed by atoms with Gasteiger partial charge in [-0.1, -0.05) is 39.7 Å². The number of rotatable bonds is 4. The lowest BCUT2D eigenvalue weighted by Crippen LogP contribution is -2.01. The van der Waals surface area contributed by atoms with Crippen LogP contribution in [0.2, 0.25) is 5.02 Å². The van der Waals surface area contributed by atoms with E-state index in [0.29, 0.717) is 5.02 Å². The number of ether oxygens (including phenoxy) is 1. The van der Waals surface area contributed by atoms with E-state index in [0.717, 1.165) is 22.5 Å². The Kier molecular flexibility index (Phi) is 4.50. The monoisotopic (exact) mass is 325 g/mol. The molecule has 0 heterocycles. The number of anilines is 1. The molecule has 2 aromatic rings. The zero-order valence-electron chi connectivity index (χ0n) is 9.91. The van der Waals surface area contributed by atoms with E-state index in [-0.39, 0.29) is 0 Å². The van der Waals surface area contributed by atoms with Crippen molar-refractivity contribution in [3.8, 4) is 5.75 Å². The topological polar surface area (TPSA) is 21.3 Å². The summed E-state index contributed by atoms with van der Waals surface area (Å²) in [7, 11) is 1.65. The molecule has 94 valence electrons. The lowest BCUT2D eigenvalue weighted by Gasteiger charge is -2.11. The molecule has 2 nitrogen and oxygen atoms in total. The highest BCUT2D eigenvalue weighted by Crippen LogP contribution is 2.28. The van der Waals surface area contributed by atoms with Gasteiger partial charge in [-0.15, -0.1) is 0 Å². The molecule has 0 spiro atoms. The van der Waals surface area contributed by atoms with Crippen LogP contribution in [0.3, 0.4) is 0 Å². The predicted molar refractivity (Wildman–Crippen MR) is 79.5 cm³/mol. The summed E-state index contributed by atoms with van der Waals surface area (Å²) in [5.74, 6) is 0.786. The second-order valence-corrected chi connectivity index (χ2v) is 5.18. The van der Waals surface area contributed by atoms with Crippen LogP contribution >= 0.6 is 27.5 Å². The maximum Gasteiger partial charge on any atom is 0.142 e. The summed E-state index contributed by atoms with van der Waals surface area (Å²) in [6.45, 7) is 0.718. The van der Waals surface area contributed by atoms with Crippen molar-refractivity contribution in [2.75, 3.05) is 12.4 Å². The first-order valence-electron chi connectivity index (χ1n) is 5.51. The molecule has 0 bridgehead atoms. The van der Waals surface area contributed by atoms with Gasteiger partial charge in [-0.05, 0) is 35.9 Å². The Labute approximate surface area is 120 Å². The highest BCUT2D eigenvalue weighted by molar-refractivity contribution is 9.10. The van der Waals surface area contributed by atoms with Crippen molar-refractivity contribution in [1.82, 2.24) is 0 Å². The molecule has 2 rings (SSSR count). The van der Waals surface area contributed by atoms with Gasteiger partial charge < -0.3 is 10.1 Å². The van der Waals surface area contributed by atoms with Crippen molar-refractivity contribution in [3.05, 3.63) is 57.5 Å². The van der Waals surface area contributed by atoms with Gasteiger partial charge in [0.1, 0.15) is 5.75 Å². The van der Waals surface area contributed by atoms with E-state index in [1.54, 1.807) is 7.11 Å². The van der Waals surface area contributed by atoms with E-state index in [1.807, 2.05) is 30.3 Å². The predicted octanol–water partition coefficient (Wildman–Crippen LogP) is 4.72. The molecule has 0 aliphatic rings. The molecule has 0 fully saturated rings. The number of benzene rings is 2. The molecular weight excluding hydrogens is 314 g/mol. The van der Waals surface area contributed by atoms with E-state index < -0.39 is 0 Å². The van der Waals surface area contributed by atoms with Crippen LogP contribution in [0, 0.1) is 0 Å². The third-order valence-electron chi connectivity index (χ3n) is 2.53. The lowest BCUT2D eigenvalue weighted by molar-refractivity contribution is 0.416. The van der Waals surface area contributed by atoms with Gasteiger partial charge in [0.25, 0.3) is 0 Å². The Morgan fingerprint density at radius 1 is 1.22 bits per heavy atom. The van der Waals surface area contributed by atoms with Crippen molar-refractivity contribution in [3.63, 3.8) is 0 Å². The molecule has 0 atom stereocenters. The fraction of sp³-hybridized carbons (Fsp3) is 0.143. The van der Waals surface area contributed by atoms with Gasteiger partial charge in [0.2, 0.25) is 0 Å². The molecule has 18 heavy (non-hydrogen) atoms. The number of hydrogen-bond acceptors (Lipinski definition) is 2. The van der Waals surface area contributed by atoms with E-state index in [4.69, 9.17) is 16.3 Å². The van der Waals surface area contributed by atoms with E-state index in [2.05, 4.69) is 33.4 Å². The summed E-state index contributed by atoms with van der Waals surface area (Å²) in [6.07, 6.45) is 0. The average molecular weight is 327 g/mol. The van der Waals surface area contributed by atoms with Gasteiger partial charge in [0.05, 0.1) is 12.8 Å². The molecule has 0 aromatic heterocycles. The van der Waals surface area contributed by atoms with Gasteiger partial charge in [-0.3, -0.25) is 0 Å². The molecule has 0 aliphatic heterocycles. The summed E-state index contributed by atoms with van der Waals surface area (Å²) in [4.78, 5) is 0. The fourth-order valence-electron chi connectivity index (χ4n) is 1.66. The van der Waals surface area contributed by atoms with Gasteiger partial charge in [-0.25, -0.2) is 0 Å². The van der Waals surface area contributed by atoms with Crippen molar-refractivity contribution in [2.45, 2.75) is 6.54 Å². The minimum absolute atomic E-state index is 0.688. The van der Waals surface area contributed by atoms with Crippen LogP contribution < -0.4 is 10.1 Å². The highest BCUT2D eigenvalue weighted by Gasteiger charge is 2.03. The van der Waals surface area contributed by atoms with Crippen molar-refractivity contribution < 1.29 is 4.74 Å². The van der Waals surface area contributed by atoms with Crippen LogP contribution in [0.5, 0.6) is 5.75 Å². The summed E-state index contributed by atoms with van der Waals surface area (Å²) in [5, 5.41) is 4.01. The number of methoxy groups -OCH3 is 1. The van der Waals surface area contributed by atoms with E-state index in [1.165, 1.54) is 5.56 Å². The van der Waals surface area contributed by atoms with Crippen LogP contribution in [0.4, 0.5) is 5.69 Å². The maximum atomic E-state index is 5.98. The molecule has 0 saturated heterocycles. The first-order chi connectivity index (χ1) is 8.69. The largest absolute Gasteiger partial charge is 0.495 e. The Morgan fingerprint density at radius 3 is 2.78 bits per heavy atom. The van der Waals surface area contributed by atoms with Crippen LogP contribution in [-0.2, 0) is 6.54 Å². The standard InChI is InChI=1S/C14H13BrClNO/c1-18-14-6-5-12(16)8-13(14)17-9-10-3-2-4-11(15)7-10/h2-8,17H,9H2,1H3. The second-order valence-electron chi connectivity index (χ2n) is 3.83. The SMILES string of the molecule is COc1ccc(Cl)cc1NCc1cccc(Br)c1. The molecule has 0 aliphatic carbocycles. The van der Waals surface area contributed by atoms with E-state index in [9.17, 15) is 0 Å². The molecule has 4 heteroatoms. The minimum atomic E-state index is 0.688. The molecule has 0 radical (unpaired) electrons. The third-order valence-corrected chi connectivity index (χ3v) is 3.26. The summed E-state index contributed by atoms with van der Waals surface area (Å²) in [5.41, 5.74) is 2.08. The number of halogens is 2. The fourth-order valence-corrected chi connectivity index (χ4v) is 2.28. The van der Waals surface area contributed by atoms with Crippen molar-refractivity contribution in [1.29, 1.82) is 0 Å². The first kappa shape index (κ1) is 13.2. The normalized spacial score (nSPS) is 10.2. The molecular formula is C14H13BrClNO. The van der Waals surface area contributed by atoms with Crippen molar-refractivity contribution in [2.24, 2.45) is 0 Å². The molecule has 2 aromatic carbocycles. The highest BCUT2D eigenvalue weighted by atomic mass is 79.9. The Hall–Kier alpha value is -1.19.